The number of ether oxygens (including phenoxy) is 1. The third kappa shape index (κ3) is 4.64. The fourth-order valence-corrected chi connectivity index (χ4v) is 2.84. The van der Waals surface area contributed by atoms with Crippen LogP contribution in [0.2, 0.25) is 5.02 Å². The SMILES string of the molecule is O=C(COc1ccc(-c2nc(-c3ccccc3)no2)cc1)Nc1ccc(F)c(Cl)c1. The highest BCUT2D eigenvalue weighted by Crippen LogP contribution is 2.24. The van der Waals surface area contributed by atoms with Crippen molar-refractivity contribution in [3.8, 4) is 28.6 Å². The second-order valence-electron chi connectivity index (χ2n) is 6.28. The van der Waals surface area contributed by atoms with E-state index in [9.17, 15) is 9.18 Å². The molecule has 0 aliphatic rings. The van der Waals surface area contributed by atoms with Crippen molar-refractivity contribution in [1.29, 1.82) is 0 Å². The molecule has 1 amide bonds. The molecule has 0 saturated carbocycles. The van der Waals surface area contributed by atoms with Crippen LogP contribution < -0.4 is 10.1 Å². The third-order valence-electron chi connectivity index (χ3n) is 4.13. The van der Waals surface area contributed by atoms with E-state index in [1.807, 2.05) is 30.3 Å². The second-order valence-corrected chi connectivity index (χ2v) is 6.69. The molecular formula is C22H15ClFN3O3. The molecule has 0 atom stereocenters. The van der Waals surface area contributed by atoms with Gasteiger partial charge in [0.25, 0.3) is 11.8 Å². The van der Waals surface area contributed by atoms with Gasteiger partial charge in [-0.25, -0.2) is 4.39 Å². The van der Waals surface area contributed by atoms with Crippen molar-refractivity contribution in [2.75, 3.05) is 11.9 Å². The summed E-state index contributed by atoms with van der Waals surface area (Å²) in [4.78, 5) is 16.4. The maximum Gasteiger partial charge on any atom is 0.262 e. The predicted molar refractivity (Wildman–Crippen MR) is 111 cm³/mol. The van der Waals surface area contributed by atoms with Crippen molar-refractivity contribution in [2.45, 2.75) is 0 Å². The minimum absolute atomic E-state index is 0.0687. The van der Waals surface area contributed by atoms with Crippen LogP contribution in [-0.4, -0.2) is 22.7 Å². The van der Waals surface area contributed by atoms with E-state index >= 15 is 0 Å². The van der Waals surface area contributed by atoms with Crippen molar-refractivity contribution < 1.29 is 18.4 Å². The summed E-state index contributed by atoms with van der Waals surface area (Å²) in [6.45, 7) is -0.215. The van der Waals surface area contributed by atoms with Gasteiger partial charge in [-0.15, -0.1) is 0 Å². The standard InChI is InChI=1S/C22H15ClFN3O3/c23-18-12-16(8-11-19(18)24)25-20(28)13-29-17-9-6-15(7-10-17)22-26-21(27-30-22)14-4-2-1-3-5-14/h1-12H,13H2,(H,25,28). The van der Waals surface area contributed by atoms with E-state index in [0.29, 0.717) is 23.2 Å². The monoisotopic (exact) mass is 423 g/mol. The Morgan fingerprint density at radius 1 is 1.03 bits per heavy atom. The largest absolute Gasteiger partial charge is 0.484 e. The zero-order valence-corrected chi connectivity index (χ0v) is 16.3. The molecule has 0 aliphatic carbocycles. The number of anilines is 1. The zero-order chi connectivity index (χ0) is 20.9. The number of carbonyl (C=O) groups excluding carboxylic acids is 1. The molecule has 1 N–H and O–H groups in total. The van der Waals surface area contributed by atoms with Crippen molar-refractivity contribution >= 4 is 23.2 Å². The van der Waals surface area contributed by atoms with Crippen LogP contribution >= 0.6 is 11.6 Å². The minimum Gasteiger partial charge on any atom is -0.484 e. The van der Waals surface area contributed by atoms with Gasteiger partial charge in [0, 0.05) is 16.8 Å². The summed E-state index contributed by atoms with van der Waals surface area (Å²) in [7, 11) is 0. The Morgan fingerprint density at radius 3 is 2.53 bits per heavy atom. The average molecular weight is 424 g/mol. The van der Waals surface area contributed by atoms with Crippen LogP contribution in [-0.2, 0) is 4.79 Å². The van der Waals surface area contributed by atoms with Gasteiger partial charge >= 0.3 is 0 Å². The number of carbonyl (C=O) groups is 1. The maximum absolute atomic E-state index is 13.2. The van der Waals surface area contributed by atoms with Gasteiger partial charge in [-0.05, 0) is 42.5 Å². The van der Waals surface area contributed by atoms with E-state index in [0.717, 1.165) is 11.1 Å². The van der Waals surface area contributed by atoms with Crippen LogP contribution in [0.25, 0.3) is 22.8 Å². The van der Waals surface area contributed by atoms with E-state index in [2.05, 4.69) is 15.5 Å². The van der Waals surface area contributed by atoms with Gasteiger partial charge in [0.2, 0.25) is 5.82 Å². The number of hydrogen-bond acceptors (Lipinski definition) is 5. The first-order valence-corrected chi connectivity index (χ1v) is 9.33. The molecule has 0 radical (unpaired) electrons. The molecule has 0 saturated heterocycles. The van der Waals surface area contributed by atoms with Crippen LogP contribution in [0.5, 0.6) is 5.75 Å². The first kappa shape index (κ1) is 19.6. The number of hydrogen-bond donors (Lipinski definition) is 1. The molecule has 3 aromatic carbocycles. The fourth-order valence-electron chi connectivity index (χ4n) is 2.66. The quantitative estimate of drug-likeness (QED) is 0.460. The lowest BCUT2D eigenvalue weighted by atomic mass is 10.2. The molecule has 0 bridgehead atoms. The molecular weight excluding hydrogens is 409 g/mol. The summed E-state index contributed by atoms with van der Waals surface area (Å²) in [5, 5.41) is 6.51. The number of nitrogens with zero attached hydrogens (tertiary/aromatic N) is 2. The Labute approximate surface area is 176 Å². The molecule has 1 heterocycles. The van der Waals surface area contributed by atoms with E-state index in [4.69, 9.17) is 20.9 Å². The first-order chi connectivity index (χ1) is 14.6. The summed E-state index contributed by atoms with van der Waals surface area (Å²) >= 11 is 5.70. The Bertz CT molecular complexity index is 1160. The Kier molecular flexibility index (Phi) is 5.72. The predicted octanol–water partition coefficient (Wildman–Crippen LogP) is 5.21. The van der Waals surface area contributed by atoms with Crippen molar-refractivity contribution in [2.24, 2.45) is 0 Å². The third-order valence-corrected chi connectivity index (χ3v) is 4.42. The summed E-state index contributed by atoms with van der Waals surface area (Å²) < 4.78 is 24.0. The minimum atomic E-state index is -0.553. The lowest BCUT2D eigenvalue weighted by Gasteiger charge is -2.08. The summed E-state index contributed by atoms with van der Waals surface area (Å²) in [5.41, 5.74) is 1.97. The lowest BCUT2D eigenvalue weighted by molar-refractivity contribution is -0.118. The van der Waals surface area contributed by atoms with Crippen LogP contribution in [0.4, 0.5) is 10.1 Å². The van der Waals surface area contributed by atoms with Gasteiger partial charge in [0.05, 0.1) is 5.02 Å². The molecule has 0 unspecified atom stereocenters. The number of aromatic nitrogens is 2. The smallest absolute Gasteiger partial charge is 0.262 e. The van der Waals surface area contributed by atoms with E-state index in [-0.39, 0.29) is 11.6 Å². The average Bonchev–Trinajstić information content (AvgIpc) is 3.26. The highest BCUT2D eigenvalue weighted by Gasteiger charge is 2.11. The lowest BCUT2D eigenvalue weighted by Crippen LogP contribution is -2.20. The number of amides is 1. The van der Waals surface area contributed by atoms with E-state index in [1.54, 1.807) is 24.3 Å². The molecule has 8 heteroatoms. The molecule has 1 aromatic heterocycles. The summed E-state index contributed by atoms with van der Waals surface area (Å²) in [5.74, 6) is 0.429. The van der Waals surface area contributed by atoms with Crippen molar-refractivity contribution in [3.63, 3.8) is 0 Å². The van der Waals surface area contributed by atoms with E-state index < -0.39 is 11.7 Å². The molecule has 0 fully saturated rings. The molecule has 4 aromatic rings. The Balaban J connectivity index is 1.35. The molecule has 4 rings (SSSR count). The number of halogens is 2. The first-order valence-electron chi connectivity index (χ1n) is 8.96. The van der Waals surface area contributed by atoms with Gasteiger partial charge in [-0.3, -0.25) is 4.79 Å². The topological polar surface area (TPSA) is 77.2 Å². The molecule has 6 nitrogen and oxygen atoms in total. The Morgan fingerprint density at radius 2 is 1.80 bits per heavy atom. The van der Waals surface area contributed by atoms with Crippen molar-refractivity contribution in [3.05, 3.63) is 83.6 Å². The summed E-state index contributed by atoms with van der Waals surface area (Å²) in [6.07, 6.45) is 0. The molecule has 150 valence electrons. The van der Waals surface area contributed by atoms with Crippen LogP contribution in [0.3, 0.4) is 0 Å². The van der Waals surface area contributed by atoms with Crippen molar-refractivity contribution in [1.82, 2.24) is 10.1 Å². The van der Waals surface area contributed by atoms with Crippen LogP contribution in [0.1, 0.15) is 0 Å². The van der Waals surface area contributed by atoms with Crippen LogP contribution in [0, 0.1) is 5.82 Å². The van der Waals surface area contributed by atoms with Gasteiger partial charge in [0.15, 0.2) is 6.61 Å². The normalized spacial score (nSPS) is 10.6. The van der Waals surface area contributed by atoms with Gasteiger partial charge in [-0.1, -0.05) is 47.1 Å². The molecule has 0 spiro atoms. The van der Waals surface area contributed by atoms with Crippen LogP contribution in [0.15, 0.2) is 77.3 Å². The Hall–Kier alpha value is -3.71. The maximum atomic E-state index is 13.2. The highest BCUT2D eigenvalue weighted by molar-refractivity contribution is 6.31. The molecule has 30 heavy (non-hydrogen) atoms. The molecule has 0 aliphatic heterocycles. The number of rotatable bonds is 6. The van der Waals surface area contributed by atoms with Gasteiger partial charge < -0.3 is 14.6 Å². The highest BCUT2D eigenvalue weighted by atomic mass is 35.5. The van der Waals surface area contributed by atoms with Gasteiger partial charge in [-0.2, -0.15) is 4.98 Å². The van der Waals surface area contributed by atoms with Gasteiger partial charge in [0.1, 0.15) is 11.6 Å². The van der Waals surface area contributed by atoms with E-state index in [1.165, 1.54) is 18.2 Å². The fraction of sp³-hybridized carbons (Fsp3) is 0.0455. The zero-order valence-electron chi connectivity index (χ0n) is 15.5. The number of benzene rings is 3. The number of nitrogens with one attached hydrogen (secondary N) is 1. The summed E-state index contributed by atoms with van der Waals surface area (Å²) in [6, 6.07) is 20.4. The second kappa shape index (κ2) is 8.75.